The molecule has 0 aliphatic heterocycles. The van der Waals surface area contributed by atoms with E-state index in [2.05, 4.69) is 25.7 Å². The van der Waals surface area contributed by atoms with E-state index in [1.165, 1.54) is 41.0 Å². The molecular weight excluding hydrogens is 431 g/mol. The SMILES string of the molecule is O=C(Nc1ccc(Oc2ccc3nc(NC(=O)C4CC4)cn3n2)c(F)c1)c1ccc[nH]c1=O. The molecule has 4 aromatic rings. The maximum absolute atomic E-state index is 14.6. The standard InChI is InChI=1S/C22H17FN6O4/c23-15-10-13(25-22(32)14-2-1-9-24-21(14)31)5-6-16(15)33-19-8-7-18-26-17(11-29(18)28-19)27-20(30)12-3-4-12/h1-2,5-12H,3-4H2,(H,24,31)(H,25,32)(H,27,30). The molecule has 1 fully saturated rings. The van der Waals surface area contributed by atoms with Crippen molar-refractivity contribution in [3.63, 3.8) is 0 Å². The summed E-state index contributed by atoms with van der Waals surface area (Å²) in [6.07, 6.45) is 4.72. The Labute approximate surface area is 185 Å². The highest BCUT2D eigenvalue weighted by Crippen LogP contribution is 2.30. The molecule has 2 amide bonds. The largest absolute Gasteiger partial charge is 0.434 e. The van der Waals surface area contributed by atoms with Gasteiger partial charge in [-0.05, 0) is 43.2 Å². The van der Waals surface area contributed by atoms with Crippen LogP contribution in [0.4, 0.5) is 15.9 Å². The van der Waals surface area contributed by atoms with Crippen LogP contribution in [0.15, 0.2) is 59.7 Å². The Morgan fingerprint density at radius 2 is 2.00 bits per heavy atom. The molecule has 0 saturated heterocycles. The number of ether oxygens (including phenoxy) is 1. The topological polar surface area (TPSA) is 130 Å². The summed E-state index contributed by atoms with van der Waals surface area (Å²) in [5.41, 5.74) is 0.000430. The zero-order valence-corrected chi connectivity index (χ0v) is 17.0. The number of carbonyl (C=O) groups is 2. The average Bonchev–Trinajstić information content (AvgIpc) is 3.57. The van der Waals surface area contributed by atoms with Gasteiger partial charge in [-0.25, -0.2) is 13.9 Å². The number of carbonyl (C=O) groups excluding carboxylic acids is 2. The summed E-state index contributed by atoms with van der Waals surface area (Å²) in [7, 11) is 0. The Morgan fingerprint density at radius 3 is 2.76 bits per heavy atom. The number of nitrogens with one attached hydrogen (secondary N) is 3. The number of hydrogen-bond donors (Lipinski definition) is 3. The van der Waals surface area contributed by atoms with E-state index in [1.54, 1.807) is 12.3 Å². The van der Waals surface area contributed by atoms with Crippen LogP contribution in [0.25, 0.3) is 5.65 Å². The van der Waals surface area contributed by atoms with Crippen LogP contribution in [0, 0.1) is 11.7 Å². The number of anilines is 2. The van der Waals surface area contributed by atoms with E-state index in [4.69, 9.17) is 4.74 Å². The van der Waals surface area contributed by atoms with Crippen LogP contribution >= 0.6 is 0 Å². The van der Waals surface area contributed by atoms with Gasteiger partial charge in [0.15, 0.2) is 23.0 Å². The fraction of sp³-hybridized carbons (Fsp3) is 0.136. The number of aromatic amines is 1. The number of halogens is 1. The van der Waals surface area contributed by atoms with Crippen LogP contribution in [-0.4, -0.2) is 31.4 Å². The van der Waals surface area contributed by atoms with Gasteiger partial charge in [0.2, 0.25) is 11.8 Å². The fourth-order valence-corrected chi connectivity index (χ4v) is 3.13. The molecule has 3 heterocycles. The van der Waals surface area contributed by atoms with Gasteiger partial charge >= 0.3 is 0 Å². The van der Waals surface area contributed by atoms with Crippen molar-refractivity contribution >= 4 is 29.0 Å². The molecule has 0 unspecified atom stereocenters. The second kappa shape index (κ2) is 8.19. The molecule has 1 aromatic carbocycles. The number of amides is 2. The third kappa shape index (κ3) is 4.42. The average molecular weight is 448 g/mol. The molecule has 1 aliphatic carbocycles. The Hall–Kier alpha value is -4.54. The van der Waals surface area contributed by atoms with Crippen molar-refractivity contribution in [2.24, 2.45) is 5.92 Å². The Morgan fingerprint density at radius 1 is 1.15 bits per heavy atom. The second-order valence-electron chi connectivity index (χ2n) is 7.48. The highest BCUT2D eigenvalue weighted by Gasteiger charge is 2.30. The first-order chi connectivity index (χ1) is 16.0. The number of benzene rings is 1. The lowest BCUT2D eigenvalue weighted by atomic mass is 10.2. The zero-order valence-electron chi connectivity index (χ0n) is 17.0. The monoisotopic (exact) mass is 448 g/mol. The summed E-state index contributed by atoms with van der Waals surface area (Å²) >= 11 is 0. The summed E-state index contributed by atoms with van der Waals surface area (Å²) in [5.74, 6) is -1.06. The van der Waals surface area contributed by atoms with Gasteiger partial charge in [-0.2, -0.15) is 0 Å². The lowest BCUT2D eigenvalue weighted by molar-refractivity contribution is -0.117. The van der Waals surface area contributed by atoms with Crippen LogP contribution in [-0.2, 0) is 4.79 Å². The zero-order chi connectivity index (χ0) is 22.9. The highest BCUT2D eigenvalue weighted by molar-refractivity contribution is 6.04. The highest BCUT2D eigenvalue weighted by atomic mass is 19.1. The maximum Gasteiger partial charge on any atom is 0.261 e. The van der Waals surface area contributed by atoms with E-state index in [0.29, 0.717) is 11.5 Å². The first-order valence-corrected chi connectivity index (χ1v) is 10.1. The van der Waals surface area contributed by atoms with Crippen LogP contribution in [0.5, 0.6) is 11.6 Å². The van der Waals surface area contributed by atoms with Crippen molar-refractivity contribution in [1.29, 1.82) is 0 Å². The molecule has 33 heavy (non-hydrogen) atoms. The van der Waals surface area contributed by atoms with Gasteiger partial charge < -0.3 is 20.4 Å². The van der Waals surface area contributed by atoms with Gasteiger partial charge in [0.1, 0.15) is 5.56 Å². The number of H-pyrrole nitrogens is 1. The minimum absolute atomic E-state index is 0.0470. The van der Waals surface area contributed by atoms with Crippen molar-refractivity contribution in [3.05, 3.63) is 76.6 Å². The summed E-state index contributed by atoms with van der Waals surface area (Å²) in [5, 5.41) is 9.44. The molecule has 5 rings (SSSR count). The minimum Gasteiger partial charge on any atom is -0.434 e. The molecule has 10 nitrogen and oxygen atoms in total. The number of pyridine rings is 1. The number of aromatic nitrogens is 4. The number of rotatable bonds is 6. The summed E-state index contributed by atoms with van der Waals surface area (Å²) in [6, 6.07) is 9.87. The number of imidazole rings is 1. The number of hydrogen-bond acceptors (Lipinski definition) is 6. The summed E-state index contributed by atoms with van der Waals surface area (Å²) < 4.78 is 21.5. The Kier molecular flexibility index (Phi) is 5.05. The molecule has 11 heteroatoms. The molecule has 1 aliphatic rings. The third-order valence-corrected chi connectivity index (χ3v) is 4.96. The molecule has 1 saturated carbocycles. The molecule has 0 atom stereocenters. The maximum atomic E-state index is 14.6. The smallest absolute Gasteiger partial charge is 0.261 e. The van der Waals surface area contributed by atoms with Crippen LogP contribution < -0.4 is 20.9 Å². The van der Waals surface area contributed by atoms with E-state index >= 15 is 0 Å². The predicted octanol–water partition coefficient (Wildman–Crippen LogP) is 2.95. The Bertz CT molecular complexity index is 1440. The second-order valence-corrected chi connectivity index (χ2v) is 7.48. The normalized spacial score (nSPS) is 13.0. The van der Waals surface area contributed by atoms with E-state index in [9.17, 15) is 18.8 Å². The predicted molar refractivity (Wildman–Crippen MR) is 116 cm³/mol. The first kappa shape index (κ1) is 20.4. The third-order valence-electron chi connectivity index (χ3n) is 4.96. The van der Waals surface area contributed by atoms with Gasteiger partial charge in [0.05, 0.1) is 6.20 Å². The summed E-state index contributed by atoms with van der Waals surface area (Å²) in [4.78, 5) is 42.5. The molecule has 3 aromatic heterocycles. The quantitative estimate of drug-likeness (QED) is 0.416. The molecule has 0 bridgehead atoms. The van der Waals surface area contributed by atoms with Crippen molar-refractivity contribution in [1.82, 2.24) is 19.6 Å². The van der Waals surface area contributed by atoms with Crippen molar-refractivity contribution < 1.29 is 18.7 Å². The molecular formula is C22H17FN6O4. The van der Waals surface area contributed by atoms with E-state index in [0.717, 1.165) is 18.9 Å². The van der Waals surface area contributed by atoms with Crippen molar-refractivity contribution in [3.8, 4) is 11.6 Å². The van der Waals surface area contributed by atoms with E-state index in [-0.39, 0.29) is 34.7 Å². The molecule has 0 spiro atoms. The van der Waals surface area contributed by atoms with Crippen LogP contribution in [0.2, 0.25) is 0 Å². The summed E-state index contributed by atoms with van der Waals surface area (Å²) in [6.45, 7) is 0. The van der Waals surface area contributed by atoms with Gasteiger partial charge in [-0.1, -0.05) is 0 Å². The van der Waals surface area contributed by atoms with Crippen molar-refractivity contribution in [2.45, 2.75) is 12.8 Å². The van der Waals surface area contributed by atoms with Gasteiger partial charge in [0.25, 0.3) is 11.5 Å². The van der Waals surface area contributed by atoms with Crippen LogP contribution in [0.1, 0.15) is 23.2 Å². The van der Waals surface area contributed by atoms with Gasteiger partial charge in [-0.15, -0.1) is 5.10 Å². The van der Waals surface area contributed by atoms with Gasteiger partial charge in [0, 0.05) is 29.9 Å². The number of fused-ring (bicyclic) bond motifs is 1. The number of nitrogens with zero attached hydrogens (tertiary/aromatic N) is 3. The lowest BCUT2D eigenvalue weighted by Gasteiger charge is -2.09. The molecule has 3 N–H and O–H groups in total. The first-order valence-electron chi connectivity index (χ1n) is 10.1. The van der Waals surface area contributed by atoms with E-state index < -0.39 is 17.3 Å². The minimum atomic E-state index is -0.736. The Balaban J connectivity index is 1.29. The lowest BCUT2D eigenvalue weighted by Crippen LogP contribution is -2.22. The van der Waals surface area contributed by atoms with E-state index in [1.807, 2.05) is 0 Å². The van der Waals surface area contributed by atoms with Gasteiger partial charge in [-0.3, -0.25) is 14.4 Å². The molecule has 0 radical (unpaired) electrons. The molecule has 166 valence electrons. The fourth-order valence-electron chi connectivity index (χ4n) is 3.13. The van der Waals surface area contributed by atoms with Crippen molar-refractivity contribution in [2.75, 3.05) is 10.6 Å². The van der Waals surface area contributed by atoms with Crippen LogP contribution in [0.3, 0.4) is 0 Å².